The zero-order chi connectivity index (χ0) is 21.1. The molecule has 1 aliphatic rings. The molecule has 2 aromatic carbocycles. The monoisotopic (exact) mass is 434 g/mol. The minimum absolute atomic E-state index is 0.0562. The van der Waals surface area contributed by atoms with Crippen LogP contribution in [-0.2, 0) is 19.1 Å². The SMILES string of the molecule is Cc1cccc(N2C[C@@H](C(=O)OCC(=O)Nc3ccc(Cl)c(Cl)c3)CC2=O)c1C. The van der Waals surface area contributed by atoms with Crippen molar-refractivity contribution in [2.75, 3.05) is 23.4 Å². The van der Waals surface area contributed by atoms with E-state index in [9.17, 15) is 14.4 Å². The van der Waals surface area contributed by atoms with E-state index < -0.39 is 24.4 Å². The number of halogens is 2. The van der Waals surface area contributed by atoms with Crippen LogP contribution in [0.5, 0.6) is 0 Å². The Morgan fingerprint density at radius 3 is 2.66 bits per heavy atom. The molecule has 1 aliphatic heterocycles. The molecular formula is C21H20Cl2N2O4. The Morgan fingerprint density at radius 2 is 1.93 bits per heavy atom. The van der Waals surface area contributed by atoms with E-state index in [1.807, 2.05) is 32.0 Å². The Balaban J connectivity index is 1.56. The van der Waals surface area contributed by atoms with E-state index in [4.69, 9.17) is 27.9 Å². The summed E-state index contributed by atoms with van der Waals surface area (Å²) in [5.74, 6) is -1.83. The third kappa shape index (κ3) is 4.89. The van der Waals surface area contributed by atoms with Crippen molar-refractivity contribution in [1.29, 1.82) is 0 Å². The summed E-state index contributed by atoms with van der Waals surface area (Å²) < 4.78 is 5.11. The molecular weight excluding hydrogens is 415 g/mol. The summed E-state index contributed by atoms with van der Waals surface area (Å²) in [5.41, 5.74) is 3.30. The van der Waals surface area contributed by atoms with E-state index in [0.29, 0.717) is 15.7 Å². The van der Waals surface area contributed by atoms with Crippen molar-refractivity contribution in [2.24, 2.45) is 5.92 Å². The minimum Gasteiger partial charge on any atom is -0.455 e. The molecule has 152 valence electrons. The molecule has 0 bridgehead atoms. The second kappa shape index (κ2) is 8.84. The number of anilines is 2. The molecule has 0 spiro atoms. The largest absolute Gasteiger partial charge is 0.455 e. The Hall–Kier alpha value is -2.57. The van der Waals surface area contributed by atoms with Gasteiger partial charge in [0, 0.05) is 24.3 Å². The quantitative estimate of drug-likeness (QED) is 0.717. The molecule has 0 aliphatic carbocycles. The second-order valence-corrected chi connectivity index (χ2v) is 7.72. The summed E-state index contributed by atoms with van der Waals surface area (Å²) in [6.45, 7) is 3.69. The van der Waals surface area contributed by atoms with E-state index in [1.165, 1.54) is 6.07 Å². The lowest BCUT2D eigenvalue weighted by atomic mass is 10.1. The first-order valence-electron chi connectivity index (χ1n) is 9.04. The lowest BCUT2D eigenvalue weighted by Gasteiger charge is -2.20. The van der Waals surface area contributed by atoms with E-state index in [1.54, 1.807) is 17.0 Å². The molecule has 29 heavy (non-hydrogen) atoms. The van der Waals surface area contributed by atoms with E-state index in [-0.39, 0.29) is 18.9 Å². The van der Waals surface area contributed by atoms with Crippen LogP contribution >= 0.6 is 23.2 Å². The summed E-state index contributed by atoms with van der Waals surface area (Å²) in [6, 6.07) is 10.4. The molecule has 8 heteroatoms. The molecule has 1 N–H and O–H groups in total. The molecule has 1 heterocycles. The molecule has 6 nitrogen and oxygen atoms in total. The van der Waals surface area contributed by atoms with Gasteiger partial charge < -0.3 is 15.0 Å². The number of rotatable bonds is 5. The van der Waals surface area contributed by atoms with Crippen molar-refractivity contribution in [3.05, 3.63) is 57.6 Å². The van der Waals surface area contributed by atoms with Gasteiger partial charge in [0.1, 0.15) is 0 Å². The number of carbonyl (C=O) groups is 3. The molecule has 0 unspecified atom stereocenters. The maximum Gasteiger partial charge on any atom is 0.311 e. The van der Waals surface area contributed by atoms with E-state index >= 15 is 0 Å². The van der Waals surface area contributed by atoms with E-state index in [2.05, 4.69) is 5.32 Å². The number of amides is 2. The first kappa shape index (κ1) is 21.1. The van der Waals surface area contributed by atoms with Gasteiger partial charge in [-0.1, -0.05) is 35.3 Å². The van der Waals surface area contributed by atoms with Crippen LogP contribution in [0.3, 0.4) is 0 Å². The van der Waals surface area contributed by atoms with Gasteiger partial charge in [-0.3, -0.25) is 14.4 Å². The van der Waals surface area contributed by atoms with Crippen LogP contribution in [0.25, 0.3) is 0 Å². The van der Waals surface area contributed by atoms with Crippen molar-refractivity contribution >= 4 is 52.4 Å². The fourth-order valence-electron chi connectivity index (χ4n) is 3.15. The smallest absolute Gasteiger partial charge is 0.311 e. The third-order valence-electron chi connectivity index (χ3n) is 4.87. The van der Waals surface area contributed by atoms with Gasteiger partial charge in [0.05, 0.1) is 16.0 Å². The van der Waals surface area contributed by atoms with Crippen LogP contribution < -0.4 is 10.2 Å². The fraction of sp³-hybridized carbons (Fsp3) is 0.286. The lowest BCUT2D eigenvalue weighted by molar-refractivity contribution is -0.151. The Morgan fingerprint density at radius 1 is 1.17 bits per heavy atom. The molecule has 1 atom stereocenters. The lowest BCUT2D eigenvalue weighted by Crippen LogP contribution is -2.28. The van der Waals surface area contributed by atoms with Gasteiger partial charge in [-0.25, -0.2) is 0 Å². The Labute approximate surface area is 178 Å². The van der Waals surface area contributed by atoms with Crippen molar-refractivity contribution in [2.45, 2.75) is 20.3 Å². The normalized spacial score (nSPS) is 16.1. The highest BCUT2D eigenvalue weighted by Crippen LogP contribution is 2.30. The van der Waals surface area contributed by atoms with Crippen molar-refractivity contribution in [3.8, 4) is 0 Å². The Bertz CT molecular complexity index is 977. The number of aryl methyl sites for hydroxylation is 1. The highest BCUT2D eigenvalue weighted by Gasteiger charge is 2.37. The van der Waals surface area contributed by atoms with Gasteiger partial charge in [0.25, 0.3) is 5.91 Å². The summed E-state index contributed by atoms with van der Waals surface area (Å²) in [5, 5.41) is 3.25. The van der Waals surface area contributed by atoms with E-state index in [0.717, 1.165) is 16.8 Å². The molecule has 2 amide bonds. The number of esters is 1. The predicted octanol–water partition coefficient (Wildman–Crippen LogP) is 4.15. The van der Waals surface area contributed by atoms with Crippen LogP contribution in [0.1, 0.15) is 17.5 Å². The van der Waals surface area contributed by atoms with Crippen LogP contribution in [0, 0.1) is 19.8 Å². The molecule has 1 saturated heterocycles. The number of nitrogens with one attached hydrogen (secondary N) is 1. The number of carbonyl (C=O) groups excluding carboxylic acids is 3. The van der Waals surface area contributed by atoms with Crippen LogP contribution in [0.15, 0.2) is 36.4 Å². The zero-order valence-electron chi connectivity index (χ0n) is 16.0. The predicted molar refractivity (Wildman–Crippen MR) is 112 cm³/mol. The molecule has 1 fully saturated rings. The highest BCUT2D eigenvalue weighted by molar-refractivity contribution is 6.42. The van der Waals surface area contributed by atoms with Crippen molar-refractivity contribution in [3.63, 3.8) is 0 Å². The second-order valence-electron chi connectivity index (χ2n) is 6.91. The van der Waals surface area contributed by atoms with Gasteiger partial charge in [0.15, 0.2) is 6.61 Å². The molecule has 0 saturated carbocycles. The standard InChI is InChI=1S/C21H20Cl2N2O4/c1-12-4-3-5-18(13(12)2)25-10-14(8-20(25)27)21(28)29-11-19(26)24-15-6-7-16(22)17(23)9-15/h3-7,9,14H,8,10-11H2,1-2H3,(H,24,26)/t14-/m0/s1. The van der Waals surface area contributed by atoms with Gasteiger partial charge in [0.2, 0.25) is 5.91 Å². The number of hydrogen-bond acceptors (Lipinski definition) is 4. The first-order chi connectivity index (χ1) is 13.8. The van der Waals surface area contributed by atoms with Crippen LogP contribution in [-0.4, -0.2) is 30.9 Å². The molecule has 0 aromatic heterocycles. The maximum absolute atomic E-state index is 12.4. The van der Waals surface area contributed by atoms with Gasteiger partial charge in [-0.15, -0.1) is 0 Å². The summed E-state index contributed by atoms with van der Waals surface area (Å²) in [7, 11) is 0. The third-order valence-corrected chi connectivity index (χ3v) is 5.61. The van der Waals surface area contributed by atoms with Gasteiger partial charge in [-0.05, 0) is 49.2 Å². The summed E-state index contributed by atoms with van der Waals surface area (Å²) in [6.07, 6.45) is 0.0562. The average Bonchev–Trinajstić information content (AvgIpc) is 3.06. The molecule has 0 radical (unpaired) electrons. The van der Waals surface area contributed by atoms with Crippen molar-refractivity contribution in [1.82, 2.24) is 0 Å². The van der Waals surface area contributed by atoms with Crippen LogP contribution in [0.2, 0.25) is 10.0 Å². The fourth-order valence-corrected chi connectivity index (χ4v) is 3.45. The molecule has 3 rings (SSSR count). The maximum atomic E-state index is 12.4. The summed E-state index contributed by atoms with van der Waals surface area (Å²) >= 11 is 11.7. The minimum atomic E-state index is -0.611. The topological polar surface area (TPSA) is 75.7 Å². The van der Waals surface area contributed by atoms with Gasteiger partial charge in [-0.2, -0.15) is 0 Å². The Kier molecular flexibility index (Phi) is 6.45. The van der Waals surface area contributed by atoms with Crippen LogP contribution in [0.4, 0.5) is 11.4 Å². The number of ether oxygens (including phenoxy) is 1. The number of nitrogens with zero attached hydrogens (tertiary/aromatic N) is 1. The first-order valence-corrected chi connectivity index (χ1v) is 9.80. The number of benzene rings is 2. The van der Waals surface area contributed by atoms with Gasteiger partial charge >= 0.3 is 5.97 Å². The molecule has 2 aromatic rings. The summed E-state index contributed by atoms with van der Waals surface area (Å²) in [4.78, 5) is 38.4. The average molecular weight is 435 g/mol. The number of hydrogen-bond donors (Lipinski definition) is 1. The van der Waals surface area contributed by atoms with Crippen molar-refractivity contribution < 1.29 is 19.1 Å². The zero-order valence-corrected chi connectivity index (χ0v) is 17.5. The highest BCUT2D eigenvalue weighted by atomic mass is 35.5.